The Morgan fingerprint density at radius 3 is 2.08 bits per heavy atom. The number of amides is 1. The first-order valence-corrected chi connectivity index (χ1v) is 12.1. The lowest BCUT2D eigenvalue weighted by molar-refractivity contribution is -0.136. The molecule has 0 aliphatic heterocycles. The zero-order chi connectivity index (χ0) is 26.1. The molecule has 188 valence electrons. The van der Waals surface area contributed by atoms with Crippen LogP contribution in [0.2, 0.25) is 0 Å². The van der Waals surface area contributed by atoms with Crippen molar-refractivity contribution in [2.24, 2.45) is 5.10 Å². The summed E-state index contributed by atoms with van der Waals surface area (Å²) in [6.45, 7) is 4.84. The third-order valence-electron chi connectivity index (χ3n) is 5.87. The van der Waals surface area contributed by atoms with Crippen LogP contribution < -0.4 is 14.9 Å². The van der Waals surface area contributed by atoms with Crippen molar-refractivity contribution in [3.05, 3.63) is 131 Å². The highest BCUT2D eigenvalue weighted by Crippen LogP contribution is 2.30. The van der Waals surface area contributed by atoms with Crippen molar-refractivity contribution in [2.45, 2.75) is 26.1 Å². The van der Waals surface area contributed by atoms with E-state index in [0.717, 1.165) is 5.56 Å². The highest BCUT2D eigenvalue weighted by atomic mass is 16.5. The van der Waals surface area contributed by atoms with Gasteiger partial charge in [0, 0.05) is 0 Å². The van der Waals surface area contributed by atoms with Crippen LogP contribution in [0.15, 0.2) is 108 Å². The highest BCUT2D eigenvalue weighted by molar-refractivity contribution is 5.91. The number of hydrazone groups is 1. The van der Waals surface area contributed by atoms with Gasteiger partial charge >= 0.3 is 0 Å². The summed E-state index contributed by atoms with van der Waals surface area (Å²) in [5, 5.41) is 15.6. The van der Waals surface area contributed by atoms with Crippen LogP contribution in [0.3, 0.4) is 0 Å². The zero-order valence-corrected chi connectivity index (χ0v) is 20.9. The Balaban J connectivity index is 1.49. The van der Waals surface area contributed by atoms with E-state index in [1.54, 1.807) is 54.6 Å². The molecule has 37 heavy (non-hydrogen) atoms. The second-order valence-electron chi connectivity index (χ2n) is 8.56. The Morgan fingerprint density at radius 1 is 0.865 bits per heavy atom. The summed E-state index contributed by atoms with van der Waals surface area (Å²) in [7, 11) is 0. The summed E-state index contributed by atoms with van der Waals surface area (Å²) in [6.07, 6.45) is 1.50. The van der Waals surface area contributed by atoms with Crippen molar-refractivity contribution >= 4 is 12.1 Å². The standard InChI is InChI=1S/C31H30N2O4/c1-3-36-29-20-25(18-19-28(29)37-22-24-16-14-23(2)15-17-24)21-32-33-30(34)31(35,26-10-6-4-7-11-26)27-12-8-5-9-13-27/h4-21,35H,3,22H2,1-2H3,(H,33,34)/b32-21-. The quantitative estimate of drug-likeness (QED) is 0.230. The van der Waals surface area contributed by atoms with Gasteiger partial charge in [-0.1, -0.05) is 90.5 Å². The van der Waals surface area contributed by atoms with E-state index >= 15 is 0 Å². The SMILES string of the molecule is CCOc1cc(/C=N\NC(=O)C(O)(c2ccccc2)c2ccccc2)ccc1OCc1ccc(C)cc1. The van der Waals surface area contributed by atoms with E-state index in [2.05, 4.69) is 10.5 Å². The first kappa shape index (κ1) is 25.7. The van der Waals surface area contributed by atoms with Crippen molar-refractivity contribution in [1.82, 2.24) is 5.43 Å². The Bertz CT molecular complexity index is 1300. The van der Waals surface area contributed by atoms with Gasteiger partial charge in [-0.25, -0.2) is 5.43 Å². The Labute approximate surface area is 217 Å². The number of ether oxygens (including phenoxy) is 2. The van der Waals surface area contributed by atoms with Crippen LogP contribution in [0.1, 0.15) is 34.7 Å². The molecular formula is C31H30N2O4. The molecule has 0 bridgehead atoms. The van der Waals surface area contributed by atoms with Gasteiger partial charge in [0.05, 0.1) is 12.8 Å². The lowest BCUT2D eigenvalue weighted by atomic mass is 9.85. The van der Waals surface area contributed by atoms with E-state index in [4.69, 9.17) is 9.47 Å². The average molecular weight is 495 g/mol. The molecular weight excluding hydrogens is 464 g/mol. The van der Waals surface area contributed by atoms with Crippen molar-refractivity contribution < 1.29 is 19.4 Å². The van der Waals surface area contributed by atoms with E-state index < -0.39 is 11.5 Å². The van der Waals surface area contributed by atoms with Gasteiger partial charge in [0.1, 0.15) is 6.61 Å². The number of nitrogens with zero attached hydrogens (tertiary/aromatic N) is 1. The molecule has 0 radical (unpaired) electrons. The zero-order valence-electron chi connectivity index (χ0n) is 20.9. The maximum Gasteiger partial charge on any atom is 0.281 e. The number of hydrogen-bond donors (Lipinski definition) is 2. The topological polar surface area (TPSA) is 80.2 Å². The number of aliphatic hydroxyl groups is 1. The van der Waals surface area contributed by atoms with Crippen LogP contribution in [-0.2, 0) is 17.0 Å². The second-order valence-corrected chi connectivity index (χ2v) is 8.56. The number of aryl methyl sites for hydroxylation is 1. The van der Waals surface area contributed by atoms with Crippen molar-refractivity contribution in [3.8, 4) is 11.5 Å². The molecule has 2 N–H and O–H groups in total. The number of rotatable bonds is 10. The largest absolute Gasteiger partial charge is 0.490 e. The maximum atomic E-state index is 13.2. The molecule has 0 aliphatic carbocycles. The monoisotopic (exact) mass is 494 g/mol. The van der Waals surface area contributed by atoms with E-state index in [0.29, 0.717) is 41.4 Å². The summed E-state index contributed by atoms with van der Waals surface area (Å²) in [6, 6.07) is 31.2. The summed E-state index contributed by atoms with van der Waals surface area (Å²) in [5.41, 5.74) is 4.45. The molecule has 1 amide bonds. The summed E-state index contributed by atoms with van der Waals surface area (Å²) in [4.78, 5) is 13.2. The predicted molar refractivity (Wildman–Crippen MR) is 145 cm³/mol. The van der Waals surface area contributed by atoms with Gasteiger partial charge in [-0.05, 0) is 54.3 Å². The van der Waals surface area contributed by atoms with Gasteiger partial charge in [-0.15, -0.1) is 0 Å². The van der Waals surface area contributed by atoms with E-state index in [1.165, 1.54) is 11.8 Å². The minimum absolute atomic E-state index is 0.418. The molecule has 0 saturated carbocycles. The van der Waals surface area contributed by atoms with Crippen LogP contribution in [0.4, 0.5) is 0 Å². The first-order valence-electron chi connectivity index (χ1n) is 12.1. The van der Waals surface area contributed by atoms with Crippen LogP contribution in [-0.4, -0.2) is 23.8 Å². The molecule has 0 saturated heterocycles. The number of benzene rings is 4. The molecule has 0 unspecified atom stereocenters. The molecule has 6 heteroatoms. The molecule has 0 spiro atoms. The third kappa shape index (κ3) is 6.23. The smallest absolute Gasteiger partial charge is 0.281 e. The van der Waals surface area contributed by atoms with Gasteiger partial charge in [-0.2, -0.15) is 5.10 Å². The molecule has 0 fully saturated rings. The number of hydrogen-bond acceptors (Lipinski definition) is 5. The fraction of sp³-hybridized carbons (Fsp3) is 0.161. The van der Waals surface area contributed by atoms with E-state index in [-0.39, 0.29) is 0 Å². The van der Waals surface area contributed by atoms with Crippen LogP contribution in [0, 0.1) is 6.92 Å². The first-order chi connectivity index (χ1) is 18.0. The minimum atomic E-state index is -1.90. The molecule has 4 aromatic rings. The maximum absolute atomic E-state index is 13.2. The van der Waals surface area contributed by atoms with Crippen LogP contribution >= 0.6 is 0 Å². The molecule has 4 rings (SSSR count). The van der Waals surface area contributed by atoms with Crippen molar-refractivity contribution in [1.29, 1.82) is 0 Å². The Kier molecular flexibility index (Phi) is 8.33. The van der Waals surface area contributed by atoms with E-state index in [9.17, 15) is 9.90 Å². The summed E-state index contributed by atoms with van der Waals surface area (Å²) >= 11 is 0. The number of carbonyl (C=O) groups is 1. The predicted octanol–water partition coefficient (Wildman–Crippen LogP) is 5.36. The number of carbonyl (C=O) groups excluding carboxylic acids is 1. The van der Waals surface area contributed by atoms with E-state index in [1.807, 2.05) is 62.4 Å². The molecule has 6 nitrogen and oxygen atoms in total. The molecule has 4 aromatic carbocycles. The lowest BCUT2D eigenvalue weighted by Gasteiger charge is -2.27. The summed E-state index contributed by atoms with van der Waals surface area (Å²) < 4.78 is 11.8. The normalized spacial score (nSPS) is 11.3. The molecule has 0 aromatic heterocycles. The molecule has 0 heterocycles. The van der Waals surface area contributed by atoms with Gasteiger partial charge in [0.2, 0.25) is 0 Å². The lowest BCUT2D eigenvalue weighted by Crippen LogP contribution is -2.43. The fourth-order valence-corrected chi connectivity index (χ4v) is 3.87. The van der Waals surface area contributed by atoms with Gasteiger partial charge < -0.3 is 14.6 Å². The minimum Gasteiger partial charge on any atom is -0.490 e. The van der Waals surface area contributed by atoms with Crippen molar-refractivity contribution in [3.63, 3.8) is 0 Å². The van der Waals surface area contributed by atoms with Gasteiger partial charge in [-0.3, -0.25) is 4.79 Å². The second kappa shape index (κ2) is 12.0. The van der Waals surface area contributed by atoms with Gasteiger partial charge in [0.25, 0.3) is 5.91 Å². The van der Waals surface area contributed by atoms with Crippen LogP contribution in [0.5, 0.6) is 11.5 Å². The number of nitrogens with one attached hydrogen (secondary N) is 1. The molecule has 0 aliphatic rings. The molecule has 0 atom stereocenters. The Hall–Kier alpha value is -4.42. The highest BCUT2D eigenvalue weighted by Gasteiger charge is 2.39. The average Bonchev–Trinajstić information content (AvgIpc) is 2.94. The fourth-order valence-electron chi connectivity index (χ4n) is 3.87. The van der Waals surface area contributed by atoms with Gasteiger partial charge in [0.15, 0.2) is 17.1 Å². The third-order valence-corrected chi connectivity index (χ3v) is 5.87. The van der Waals surface area contributed by atoms with Crippen molar-refractivity contribution in [2.75, 3.05) is 6.61 Å². The summed E-state index contributed by atoms with van der Waals surface area (Å²) in [5.74, 6) is 0.533. The Morgan fingerprint density at radius 2 is 1.49 bits per heavy atom. The van der Waals surface area contributed by atoms with Crippen LogP contribution in [0.25, 0.3) is 0 Å².